The lowest BCUT2D eigenvalue weighted by atomic mass is 10.2. The Bertz CT molecular complexity index is 786. The SMILES string of the molecule is Cc1ccc(N(CCCC(=O)NCCCn2ccnc2)S(C)(=O)=O)cc1. The van der Waals surface area contributed by atoms with Gasteiger partial charge in [0, 0.05) is 38.4 Å². The van der Waals surface area contributed by atoms with Gasteiger partial charge in [0.15, 0.2) is 0 Å². The van der Waals surface area contributed by atoms with Crippen molar-refractivity contribution in [1.29, 1.82) is 0 Å². The number of hydrogen-bond donors (Lipinski definition) is 1. The molecule has 0 fully saturated rings. The van der Waals surface area contributed by atoms with Gasteiger partial charge in [-0.1, -0.05) is 17.7 Å². The highest BCUT2D eigenvalue weighted by Gasteiger charge is 2.17. The van der Waals surface area contributed by atoms with Gasteiger partial charge in [-0.3, -0.25) is 9.10 Å². The summed E-state index contributed by atoms with van der Waals surface area (Å²) in [4.78, 5) is 15.9. The Morgan fingerprint density at radius 1 is 1.23 bits per heavy atom. The zero-order valence-corrected chi connectivity index (χ0v) is 16.1. The first-order chi connectivity index (χ1) is 12.4. The summed E-state index contributed by atoms with van der Waals surface area (Å²) in [5, 5.41) is 2.86. The number of carbonyl (C=O) groups excluding carboxylic acids is 1. The maximum atomic E-state index is 12.0. The van der Waals surface area contributed by atoms with E-state index in [1.54, 1.807) is 24.7 Å². The molecule has 0 saturated heterocycles. The van der Waals surface area contributed by atoms with E-state index in [9.17, 15) is 13.2 Å². The van der Waals surface area contributed by atoms with Crippen molar-refractivity contribution in [1.82, 2.24) is 14.9 Å². The van der Waals surface area contributed by atoms with Crippen LogP contribution in [0, 0.1) is 6.92 Å². The smallest absolute Gasteiger partial charge is 0.232 e. The number of amides is 1. The Kier molecular flexibility index (Phi) is 7.20. The maximum Gasteiger partial charge on any atom is 0.232 e. The molecule has 0 radical (unpaired) electrons. The van der Waals surface area contributed by atoms with Crippen LogP contribution in [0.1, 0.15) is 24.8 Å². The minimum Gasteiger partial charge on any atom is -0.356 e. The van der Waals surface area contributed by atoms with E-state index in [0.29, 0.717) is 25.1 Å². The first-order valence-corrected chi connectivity index (χ1v) is 10.5. The summed E-state index contributed by atoms with van der Waals surface area (Å²) in [5.41, 5.74) is 1.69. The van der Waals surface area contributed by atoms with Crippen LogP contribution in [0.2, 0.25) is 0 Å². The predicted molar refractivity (Wildman–Crippen MR) is 102 cm³/mol. The minimum absolute atomic E-state index is 0.0620. The van der Waals surface area contributed by atoms with E-state index in [1.165, 1.54) is 10.6 Å². The molecule has 0 spiro atoms. The molecule has 0 saturated carbocycles. The van der Waals surface area contributed by atoms with Crippen molar-refractivity contribution >= 4 is 21.6 Å². The van der Waals surface area contributed by atoms with Crippen molar-refractivity contribution in [2.45, 2.75) is 32.7 Å². The van der Waals surface area contributed by atoms with Gasteiger partial charge in [0.25, 0.3) is 0 Å². The average molecular weight is 378 g/mol. The summed E-state index contributed by atoms with van der Waals surface area (Å²) in [6.07, 6.45) is 8.11. The third kappa shape index (κ3) is 6.51. The van der Waals surface area contributed by atoms with Gasteiger partial charge in [0.05, 0.1) is 18.3 Å². The van der Waals surface area contributed by atoms with Crippen LogP contribution in [-0.2, 0) is 21.4 Å². The Morgan fingerprint density at radius 2 is 1.96 bits per heavy atom. The lowest BCUT2D eigenvalue weighted by molar-refractivity contribution is -0.121. The van der Waals surface area contributed by atoms with E-state index in [0.717, 1.165) is 18.5 Å². The second kappa shape index (κ2) is 9.38. The fourth-order valence-corrected chi connectivity index (χ4v) is 3.54. The summed E-state index contributed by atoms with van der Waals surface area (Å²) in [6.45, 7) is 3.62. The standard InChI is InChI=1S/C18H26N4O3S/c1-16-6-8-17(9-7-16)22(26(2,24)25)13-3-5-18(23)20-10-4-12-21-14-11-19-15-21/h6-9,11,14-15H,3-5,10,12-13H2,1-2H3,(H,20,23). The fourth-order valence-electron chi connectivity index (χ4n) is 2.58. The number of nitrogens with zero attached hydrogens (tertiary/aromatic N) is 3. The van der Waals surface area contributed by atoms with Crippen molar-refractivity contribution < 1.29 is 13.2 Å². The van der Waals surface area contributed by atoms with E-state index in [1.807, 2.05) is 29.8 Å². The molecule has 142 valence electrons. The van der Waals surface area contributed by atoms with Crippen LogP contribution < -0.4 is 9.62 Å². The number of imidazole rings is 1. The molecule has 1 heterocycles. The second-order valence-corrected chi connectivity index (χ2v) is 8.19. The molecule has 0 unspecified atom stereocenters. The number of anilines is 1. The lowest BCUT2D eigenvalue weighted by Crippen LogP contribution is -2.32. The molecule has 8 heteroatoms. The molecule has 1 aromatic carbocycles. The quantitative estimate of drug-likeness (QED) is 0.641. The summed E-state index contributed by atoms with van der Waals surface area (Å²) in [7, 11) is -3.38. The molecule has 0 aliphatic rings. The number of aromatic nitrogens is 2. The van der Waals surface area contributed by atoms with Crippen molar-refractivity contribution in [2.24, 2.45) is 0 Å². The molecule has 0 atom stereocenters. The molecule has 1 N–H and O–H groups in total. The first kappa shape index (κ1) is 20.0. The molecule has 2 rings (SSSR count). The molecule has 0 bridgehead atoms. The largest absolute Gasteiger partial charge is 0.356 e. The van der Waals surface area contributed by atoms with Crippen molar-refractivity contribution in [2.75, 3.05) is 23.7 Å². The number of benzene rings is 1. The number of sulfonamides is 1. The molecule has 0 aliphatic heterocycles. The molecular weight excluding hydrogens is 352 g/mol. The molecule has 1 amide bonds. The van der Waals surface area contributed by atoms with Crippen molar-refractivity contribution in [3.8, 4) is 0 Å². The number of rotatable bonds is 10. The first-order valence-electron chi connectivity index (χ1n) is 8.63. The summed E-state index contributed by atoms with van der Waals surface area (Å²) in [6, 6.07) is 7.32. The Morgan fingerprint density at radius 3 is 2.58 bits per heavy atom. The van der Waals surface area contributed by atoms with Gasteiger partial charge in [0.1, 0.15) is 0 Å². The molecular formula is C18H26N4O3S. The highest BCUT2D eigenvalue weighted by atomic mass is 32.2. The summed E-state index contributed by atoms with van der Waals surface area (Å²) in [5.74, 6) is -0.0620. The highest BCUT2D eigenvalue weighted by molar-refractivity contribution is 7.92. The number of nitrogens with one attached hydrogen (secondary N) is 1. The van der Waals surface area contributed by atoms with E-state index in [-0.39, 0.29) is 12.5 Å². The van der Waals surface area contributed by atoms with Gasteiger partial charge < -0.3 is 9.88 Å². The lowest BCUT2D eigenvalue weighted by Gasteiger charge is -2.22. The van der Waals surface area contributed by atoms with Crippen molar-refractivity contribution in [3.05, 3.63) is 48.5 Å². The minimum atomic E-state index is -3.38. The highest BCUT2D eigenvalue weighted by Crippen LogP contribution is 2.18. The van der Waals surface area contributed by atoms with Crippen molar-refractivity contribution in [3.63, 3.8) is 0 Å². The van der Waals surface area contributed by atoms with E-state index in [4.69, 9.17) is 0 Å². The van der Waals surface area contributed by atoms with Gasteiger partial charge >= 0.3 is 0 Å². The van der Waals surface area contributed by atoms with Gasteiger partial charge in [-0.15, -0.1) is 0 Å². The zero-order valence-electron chi connectivity index (χ0n) is 15.3. The van der Waals surface area contributed by atoms with Gasteiger partial charge in [-0.25, -0.2) is 13.4 Å². The zero-order chi connectivity index (χ0) is 19.0. The average Bonchev–Trinajstić information content (AvgIpc) is 3.09. The fraction of sp³-hybridized carbons (Fsp3) is 0.444. The second-order valence-electron chi connectivity index (χ2n) is 6.28. The molecule has 0 aliphatic carbocycles. The van der Waals surface area contributed by atoms with E-state index >= 15 is 0 Å². The topological polar surface area (TPSA) is 84.3 Å². The maximum absolute atomic E-state index is 12.0. The van der Waals surface area contributed by atoms with Crippen LogP contribution in [0.4, 0.5) is 5.69 Å². The molecule has 26 heavy (non-hydrogen) atoms. The van der Waals surface area contributed by atoms with Crippen LogP contribution in [0.5, 0.6) is 0 Å². The predicted octanol–water partition coefficient (Wildman–Crippen LogP) is 1.94. The Balaban J connectivity index is 1.74. The van der Waals surface area contributed by atoms with E-state index < -0.39 is 10.0 Å². The third-order valence-electron chi connectivity index (χ3n) is 3.96. The van der Waals surface area contributed by atoms with Gasteiger partial charge in [0.2, 0.25) is 15.9 Å². The van der Waals surface area contributed by atoms with Crippen LogP contribution in [-0.4, -0.2) is 43.2 Å². The monoisotopic (exact) mass is 378 g/mol. The number of aryl methyl sites for hydroxylation is 2. The normalized spacial score (nSPS) is 11.3. The van der Waals surface area contributed by atoms with Gasteiger partial charge in [-0.05, 0) is 31.9 Å². The van der Waals surface area contributed by atoms with E-state index in [2.05, 4.69) is 10.3 Å². The molecule has 7 nitrogen and oxygen atoms in total. The molecule has 1 aromatic heterocycles. The van der Waals surface area contributed by atoms with Crippen LogP contribution in [0.3, 0.4) is 0 Å². The summed E-state index contributed by atoms with van der Waals surface area (Å²) < 4.78 is 27.4. The summed E-state index contributed by atoms with van der Waals surface area (Å²) >= 11 is 0. The van der Waals surface area contributed by atoms with Crippen LogP contribution in [0.25, 0.3) is 0 Å². The van der Waals surface area contributed by atoms with Crippen LogP contribution in [0.15, 0.2) is 43.0 Å². The number of hydrogen-bond acceptors (Lipinski definition) is 4. The number of carbonyl (C=O) groups is 1. The van der Waals surface area contributed by atoms with Crippen LogP contribution >= 0.6 is 0 Å². The Hall–Kier alpha value is -2.35. The Labute approximate surface area is 155 Å². The third-order valence-corrected chi connectivity index (χ3v) is 5.16. The molecule has 2 aromatic rings. The van der Waals surface area contributed by atoms with Gasteiger partial charge in [-0.2, -0.15) is 0 Å².